The smallest absolute Gasteiger partial charge is 0.410 e. The van der Waals surface area contributed by atoms with E-state index in [1.807, 2.05) is 25.7 Å². The van der Waals surface area contributed by atoms with Gasteiger partial charge in [0.1, 0.15) is 5.60 Å². The fourth-order valence-electron chi connectivity index (χ4n) is 4.74. The number of nitrogens with zero attached hydrogens (tertiary/aromatic N) is 2. The third-order valence-corrected chi connectivity index (χ3v) is 6.06. The van der Waals surface area contributed by atoms with Crippen molar-refractivity contribution in [1.82, 2.24) is 4.90 Å². The monoisotopic (exact) mass is 392 g/mol. The molecule has 1 amide bonds. The third-order valence-electron chi connectivity index (χ3n) is 6.06. The van der Waals surface area contributed by atoms with Gasteiger partial charge in [0.15, 0.2) is 0 Å². The second kappa shape index (κ2) is 8.10. The number of benzene rings is 2. The lowest BCUT2D eigenvalue weighted by atomic mass is 9.80. The van der Waals surface area contributed by atoms with Crippen molar-refractivity contribution in [3.63, 3.8) is 0 Å². The first-order valence-corrected chi connectivity index (χ1v) is 10.8. The molecule has 2 aliphatic rings. The van der Waals surface area contributed by atoms with Crippen molar-refractivity contribution >= 4 is 11.8 Å². The van der Waals surface area contributed by atoms with Gasteiger partial charge in [-0.3, -0.25) is 0 Å². The van der Waals surface area contributed by atoms with Crippen molar-refractivity contribution in [2.45, 2.75) is 51.7 Å². The van der Waals surface area contributed by atoms with Crippen LogP contribution in [0, 0.1) is 5.92 Å². The highest BCUT2D eigenvalue weighted by Crippen LogP contribution is 2.42. The van der Waals surface area contributed by atoms with Gasteiger partial charge in [0.2, 0.25) is 0 Å². The van der Waals surface area contributed by atoms with E-state index in [0.29, 0.717) is 12.0 Å². The zero-order valence-corrected chi connectivity index (χ0v) is 17.8. The van der Waals surface area contributed by atoms with Crippen LogP contribution in [0.2, 0.25) is 0 Å². The summed E-state index contributed by atoms with van der Waals surface area (Å²) in [6.45, 7) is 8.34. The Hall–Kier alpha value is -2.49. The summed E-state index contributed by atoms with van der Waals surface area (Å²) in [6, 6.07) is 20.0. The Morgan fingerprint density at radius 3 is 2.28 bits per heavy atom. The summed E-state index contributed by atoms with van der Waals surface area (Å²) < 4.78 is 5.58. The Morgan fingerprint density at radius 1 is 0.931 bits per heavy atom. The summed E-state index contributed by atoms with van der Waals surface area (Å²) in [4.78, 5) is 16.9. The van der Waals surface area contributed by atoms with E-state index in [9.17, 15) is 4.79 Å². The van der Waals surface area contributed by atoms with Crippen molar-refractivity contribution in [3.8, 4) is 0 Å². The predicted molar refractivity (Wildman–Crippen MR) is 117 cm³/mol. The molecular formula is C25H32N2O2. The highest BCUT2D eigenvalue weighted by atomic mass is 16.6. The molecule has 2 aromatic carbocycles. The average molecular weight is 393 g/mol. The minimum atomic E-state index is -0.444. The van der Waals surface area contributed by atoms with Crippen molar-refractivity contribution in [2.24, 2.45) is 5.92 Å². The van der Waals surface area contributed by atoms with E-state index < -0.39 is 5.60 Å². The number of carbonyl (C=O) groups excluding carboxylic acids is 1. The standard InChI is InChI=1S/C25H32N2O2/c1-25(2,3)29-24(28)26-16-13-20(14-17-26)23-22-12-8-7-9-19(22)15-18-27(23)21-10-5-4-6-11-21/h4-12,20,23H,13-18H2,1-3H3. The van der Waals surface area contributed by atoms with Gasteiger partial charge in [0.25, 0.3) is 0 Å². The van der Waals surface area contributed by atoms with E-state index in [1.54, 1.807) is 0 Å². The first kappa shape index (κ1) is 19.8. The maximum Gasteiger partial charge on any atom is 0.410 e. The topological polar surface area (TPSA) is 32.8 Å². The van der Waals surface area contributed by atoms with E-state index in [2.05, 4.69) is 59.5 Å². The molecule has 154 valence electrons. The van der Waals surface area contributed by atoms with Gasteiger partial charge in [-0.25, -0.2) is 4.79 Å². The summed E-state index contributed by atoms with van der Waals surface area (Å²) >= 11 is 0. The molecule has 0 bridgehead atoms. The predicted octanol–water partition coefficient (Wildman–Crippen LogP) is 5.44. The summed E-state index contributed by atoms with van der Waals surface area (Å²) in [6.07, 6.45) is 2.90. The van der Waals surface area contributed by atoms with Crippen molar-refractivity contribution in [3.05, 3.63) is 65.7 Å². The fraction of sp³-hybridized carbons (Fsp3) is 0.480. The van der Waals surface area contributed by atoms with Crippen LogP contribution >= 0.6 is 0 Å². The number of hydrogen-bond acceptors (Lipinski definition) is 3. The van der Waals surface area contributed by atoms with Crippen LogP contribution in [0.1, 0.15) is 50.8 Å². The maximum absolute atomic E-state index is 12.5. The molecule has 0 saturated carbocycles. The van der Waals surface area contributed by atoms with E-state index >= 15 is 0 Å². The SMILES string of the molecule is CC(C)(C)OC(=O)N1CCC(C2c3ccccc3CCN2c2ccccc2)CC1. The van der Waals surface area contributed by atoms with Crippen molar-refractivity contribution < 1.29 is 9.53 Å². The van der Waals surface area contributed by atoms with Crippen molar-refractivity contribution in [2.75, 3.05) is 24.5 Å². The van der Waals surface area contributed by atoms with Crippen LogP contribution in [-0.2, 0) is 11.2 Å². The molecule has 4 nitrogen and oxygen atoms in total. The lowest BCUT2D eigenvalue weighted by molar-refractivity contribution is 0.0172. The Labute approximate surface area is 174 Å². The molecule has 0 aliphatic carbocycles. The first-order chi connectivity index (χ1) is 13.9. The Bertz CT molecular complexity index is 835. The number of piperidine rings is 1. The van der Waals surface area contributed by atoms with E-state index in [0.717, 1.165) is 38.9 Å². The Kier molecular flexibility index (Phi) is 5.53. The number of para-hydroxylation sites is 1. The molecule has 2 aliphatic heterocycles. The van der Waals surface area contributed by atoms with Gasteiger partial charge in [-0.05, 0) is 69.2 Å². The average Bonchev–Trinajstić information content (AvgIpc) is 2.72. The highest BCUT2D eigenvalue weighted by molar-refractivity contribution is 5.68. The van der Waals surface area contributed by atoms with Crippen molar-refractivity contribution in [1.29, 1.82) is 0 Å². The number of rotatable bonds is 2. The zero-order chi connectivity index (χ0) is 20.4. The van der Waals surface area contributed by atoms with Crippen LogP contribution < -0.4 is 4.90 Å². The third kappa shape index (κ3) is 4.42. The van der Waals surface area contributed by atoms with Crippen LogP contribution in [0.5, 0.6) is 0 Å². The molecule has 4 heteroatoms. The van der Waals surface area contributed by atoms with Crippen LogP contribution in [0.4, 0.5) is 10.5 Å². The Balaban J connectivity index is 1.54. The summed E-state index contributed by atoms with van der Waals surface area (Å²) in [7, 11) is 0. The van der Waals surface area contributed by atoms with Crippen LogP contribution in [0.15, 0.2) is 54.6 Å². The molecule has 1 fully saturated rings. The number of anilines is 1. The second-order valence-electron chi connectivity index (χ2n) is 9.23. The van der Waals surface area contributed by atoms with Crippen LogP contribution in [-0.4, -0.2) is 36.2 Å². The largest absolute Gasteiger partial charge is 0.444 e. The Morgan fingerprint density at radius 2 is 1.59 bits per heavy atom. The maximum atomic E-state index is 12.5. The quantitative estimate of drug-likeness (QED) is 0.682. The van der Waals surface area contributed by atoms with Gasteiger partial charge in [-0.1, -0.05) is 42.5 Å². The van der Waals surface area contributed by atoms with Gasteiger partial charge in [-0.15, -0.1) is 0 Å². The molecule has 2 heterocycles. The number of likely N-dealkylation sites (tertiary alicyclic amines) is 1. The molecule has 0 radical (unpaired) electrons. The molecule has 0 aromatic heterocycles. The van der Waals surface area contributed by atoms with Gasteiger partial charge in [-0.2, -0.15) is 0 Å². The molecule has 2 aromatic rings. The molecule has 1 unspecified atom stereocenters. The number of ether oxygens (including phenoxy) is 1. The lowest BCUT2D eigenvalue weighted by Gasteiger charge is -2.45. The minimum Gasteiger partial charge on any atom is -0.444 e. The van der Waals surface area contributed by atoms with E-state index in [1.165, 1.54) is 16.8 Å². The second-order valence-corrected chi connectivity index (χ2v) is 9.23. The zero-order valence-electron chi connectivity index (χ0n) is 17.8. The highest BCUT2D eigenvalue weighted by Gasteiger charge is 2.37. The summed E-state index contributed by atoms with van der Waals surface area (Å²) in [5.41, 5.74) is 3.78. The molecule has 0 spiro atoms. The van der Waals surface area contributed by atoms with Gasteiger partial charge >= 0.3 is 6.09 Å². The molecule has 1 atom stereocenters. The normalized spacial score (nSPS) is 20.3. The minimum absolute atomic E-state index is 0.181. The van der Waals surface area contributed by atoms with Gasteiger partial charge in [0.05, 0.1) is 6.04 Å². The number of hydrogen-bond donors (Lipinski definition) is 0. The van der Waals surface area contributed by atoms with Crippen LogP contribution in [0.3, 0.4) is 0 Å². The fourth-order valence-corrected chi connectivity index (χ4v) is 4.74. The van der Waals surface area contributed by atoms with E-state index in [4.69, 9.17) is 4.74 Å². The number of fused-ring (bicyclic) bond motifs is 1. The number of carbonyl (C=O) groups is 1. The van der Waals surface area contributed by atoms with Gasteiger partial charge in [0, 0.05) is 25.3 Å². The lowest BCUT2D eigenvalue weighted by Crippen LogP contribution is -2.46. The summed E-state index contributed by atoms with van der Waals surface area (Å²) in [5.74, 6) is 0.523. The van der Waals surface area contributed by atoms with E-state index in [-0.39, 0.29) is 6.09 Å². The van der Waals surface area contributed by atoms with Crippen LogP contribution in [0.25, 0.3) is 0 Å². The molecule has 1 saturated heterocycles. The first-order valence-electron chi connectivity index (χ1n) is 10.8. The number of amides is 1. The molecular weight excluding hydrogens is 360 g/mol. The molecule has 4 rings (SSSR count). The molecule has 29 heavy (non-hydrogen) atoms. The summed E-state index contributed by atoms with van der Waals surface area (Å²) in [5, 5.41) is 0. The molecule has 0 N–H and O–H groups in total. The van der Waals surface area contributed by atoms with Gasteiger partial charge < -0.3 is 14.5 Å².